The molecule has 1 nitrogen and oxygen atoms in total. The zero-order valence-electron chi connectivity index (χ0n) is 5.25. The highest BCUT2D eigenvalue weighted by Gasteiger charge is 2.37. The van der Waals surface area contributed by atoms with E-state index in [9.17, 15) is 0 Å². The topological polar surface area (TPSA) is 26.0 Å². The van der Waals surface area contributed by atoms with E-state index in [4.69, 9.17) is 5.73 Å². The van der Waals surface area contributed by atoms with Gasteiger partial charge in [0.05, 0.1) is 0 Å². The van der Waals surface area contributed by atoms with Gasteiger partial charge in [-0.2, -0.15) is 0 Å². The van der Waals surface area contributed by atoms with Crippen molar-refractivity contribution in [1.82, 2.24) is 0 Å². The van der Waals surface area contributed by atoms with Crippen molar-refractivity contribution in [3.8, 4) is 0 Å². The summed E-state index contributed by atoms with van der Waals surface area (Å²) < 4.78 is 0. The van der Waals surface area contributed by atoms with E-state index in [1.165, 1.54) is 19.3 Å². The van der Waals surface area contributed by atoms with Crippen LogP contribution in [-0.4, -0.2) is 16.5 Å². The average molecular weight is 161 g/mol. The number of nitrogens with two attached hydrogens (primary N) is 1. The second-order valence-electron chi connectivity index (χ2n) is 2.84. The van der Waals surface area contributed by atoms with Crippen molar-refractivity contribution >= 4 is 21.6 Å². The van der Waals surface area contributed by atoms with Crippen LogP contribution in [0, 0.1) is 0 Å². The van der Waals surface area contributed by atoms with Gasteiger partial charge < -0.3 is 5.73 Å². The van der Waals surface area contributed by atoms with Crippen LogP contribution in [0.2, 0.25) is 0 Å². The van der Waals surface area contributed by atoms with Crippen molar-refractivity contribution in [3.05, 3.63) is 0 Å². The summed E-state index contributed by atoms with van der Waals surface area (Å²) in [6.45, 7) is 0. The molecule has 2 rings (SSSR count). The molecule has 3 atom stereocenters. The van der Waals surface area contributed by atoms with E-state index in [1.807, 2.05) is 10.8 Å². The summed E-state index contributed by atoms with van der Waals surface area (Å²) in [6, 6.07) is 0.514. The largest absolute Gasteiger partial charge is 0.328 e. The van der Waals surface area contributed by atoms with Crippen LogP contribution in [0.4, 0.5) is 0 Å². The van der Waals surface area contributed by atoms with Gasteiger partial charge in [0, 0.05) is 16.5 Å². The predicted molar refractivity (Wildman–Crippen MR) is 44.6 cm³/mol. The highest BCUT2D eigenvalue weighted by molar-refractivity contribution is 8.80. The SMILES string of the molecule is NC1CCC2SSC2C1. The summed E-state index contributed by atoms with van der Waals surface area (Å²) in [5.74, 6) is 0. The molecule has 0 radical (unpaired) electrons. The van der Waals surface area contributed by atoms with Crippen LogP contribution in [0.5, 0.6) is 0 Å². The lowest BCUT2D eigenvalue weighted by atomic mass is 9.95. The Kier molecular flexibility index (Phi) is 1.67. The molecule has 0 aromatic carbocycles. The lowest BCUT2D eigenvalue weighted by Gasteiger charge is -2.40. The van der Waals surface area contributed by atoms with Crippen LogP contribution in [0.1, 0.15) is 19.3 Å². The first-order valence-corrected chi connectivity index (χ1v) is 5.71. The second-order valence-corrected chi connectivity index (χ2v) is 5.59. The van der Waals surface area contributed by atoms with Gasteiger partial charge in [-0.3, -0.25) is 0 Å². The number of hydrogen-bond donors (Lipinski definition) is 1. The molecule has 2 fully saturated rings. The zero-order chi connectivity index (χ0) is 6.27. The molecule has 52 valence electrons. The molecule has 1 heterocycles. The van der Waals surface area contributed by atoms with E-state index >= 15 is 0 Å². The van der Waals surface area contributed by atoms with E-state index in [0.29, 0.717) is 6.04 Å². The maximum atomic E-state index is 5.80. The number of hydrogen-bond acceptors (Lipinski definition) is 3. The van der Waals surface area contributed by atoms with E-state index in [2.05, 4.69) is 10.8 Å². The number of rotatable bonds is 0. The van der Waals surface area contributed by atoms with Crippen LogP contribution in [0.3, 0.4) is 0 Å². The Labute approximate surface area is 63.5 Å². The van der Waals surface area contributed by atoms with Gasteiger partial charge in [-0.15, -0.1) is 0 Å². The smallest absolute Gasteiger partial charge is 0.0293 e. The van der Waals surface area contributed by atoms with Crippen LogP contribution in [-0.2, 0) is 0 Å². The predicted octanol–water partition coefficient (Wildman–Crippen LogP) is 1.63. The second kappa shape index (κ2) is 2.36. The average Bonchev–Trinajstić information content (AvgIpc) is 1.78. The molecule has 0 aromatic rings. The molecule has 1 saturated heterocycles. The molecule has 0 amide bonds. The monoisotopic (exact) mass is 161 g/mol. The maximum absolute atomic E-state index is 5.80. The Balaban J connectivity index is 1.92. The minimum Gasteiger partial charge on any atom is -0.328 e. The third kappa shape index (κ3) is 1.10. The first-order valence-electron chi connectivity index (χ1n) is 3.44. The van der Waals surface area contributed by atoms with Crippen molar-refractivity contribution < 1.29 is 0 Å². The minimum atomic E-state index is 0.514. The van der Waals surface area contributed by atoms with E-state index in [1.54, 1.807) is 0 Å². The molecule has 1 aliphatic carbocycles. The summed E-state index contributed by atoms with van der Waals surface area (Å²) in [5, 5.41) is 1.88. The van der Waals surface area contributed by atoms with Crippen LogP contribution < -0.4 is 5.73 Å². The van der Waals surface area contributed by atoms with E-state index < -0.39 is 0 Å². The fraction of sp³-hybridized carbons (Fsp3) is 1.00. The Bertz CT molecular complexity index is 118. The fourth-order valence-corrected chi connectivity index (χ4v) is 4.46. The van der Waals surface area contributed by atoms with Crippen molar-refractivity contribution in [2.24, 2.45) is 5.73 Å². The van der Waals surface area contributed by atoms with Gasteiger partial charge in [0.15, 0.2) is 0 Å². The third-order valence-corrected chi connectivity index (χ3v) is 5.75. The minimum absolute atomic E-state index is 0.514. The summed E-state index contributed by atoms with van der Waals surface area (Å²) in [4.78, 5) is 0. The van der Waals surface area contributed by atoms with Gasteiger partial charge in [-0.25, -0.2) is 0 Å². The molecule has 1 saturated carbocycles. The zero-order valence-corrected chi connectivity index (χ0v) is 6.88. The standard InChI is InChI=1S/C6H11NS2/c7-4-1-2-5-6(3-4)9-8-5/h4-6H,1-3,7H2. The lowest BCUT2D eigenvalue weighted by molar-refractivity contribution is 0.458. The summed E-state index contributed by atoms with van der Waals surface area (Å²) in [7, 11) is 4.08. The fourth-order valence-electron chi connectivity index (χ4n) is 1.43. The van der Waals surface area contributed by atoms with Gasteiger partial charge in [0.1, 0.15) is 0 Å². The maximum Gasteiger partial charge on any atom is 0.0293 e. The highest BCUT2D eigenvalue weighted by Crippen LogP contribution is 2.53. The molecule has 9 heavy (non-hydrogen) atoms. The van der Waals surface area contributed by atoms with Gasteiger partial charge in [-0.05, 0) is 19.3 Å². The molecule has 0 aromatic heterocycles. The molecule has 3 heteroatoms. The summed E-state index contributed by atoms with van der Waals surface area (Å²) >= 11 is 0. The molecule has 0 bridgehead atoms. The van der Waals surface area contributed by atoms with Gasteiger partial charge >= 0.3 is 0 Å². The molecule has 3 unspecified atom stereocenters. The molecule has 2 N–H and O–H groups in total. The van der Waals surface area contributed by atoms with Crippen molar-refractivity contribution in [1.29, 1.82) is 0 Å². The molecular weight excluding hydrogens is 150 g/mol. The van der Waals surface area contributed by atoms with Crippen LogP contribution in [0.25, 0.3) is 0 Å². The van der Waals surface area contributed by atoms with Crippen molar-refractivity contribution in [2.75, 3.05) is 0 Å². The normalized spacial score (nSPS) is 49.7. The first-order chi connectivity index (χ1) is 4.36. The summed E-state index contributed by atoms with van der Waals surface area (Å²) in [5.41, 5.74) is 5.80. The van der Waals surface area contributed by atoms with Crippen LogP contribution in [0.15, 0.2) is 0 Å². The van der Waals surface area contributed by atoms with Gasteiger partial charge in [-0.1, -0.05) is 21.6 Å². The summed E-state index contributed by atoms with van der Waals surface area (Å²) in [6.07, 6.45) is 3.89. The Morgan fingerprint density at radius 1 is 1.11 bits per heavy atom. The molecular formula is C6H11NS2. The van der Waals surface area contributed by atoms with Crippen LogP contribution >= 0.6 is 21.6 Å². The third-order valence-electron chi connectivity index (χ3n) is 2.07. The quantitative estimate of drug-likeness (QED) is 0.547. The Morgan fingerprint density at radius 2 is 1.89 bits per heavy atom. The first kappa shape index (κ1) is 6.38. The molecule has 0 spiro atoms. The Morgan fingerprint density at radius 3 is 2.33 bits per heavy atom. The van der Waals surface area contributed by atoms with Crippen molar-refractivity contribution in [3.63, 3.8) is 0 Å². The molecule has 1 aliphatic heterocycles. The number of fused-ring (bicyclic) bond motifs is 1. The Hall–Kier alpha value is 0.660. The molecule has 2 aliphatic rings. The van der Waals surface area contributed by atoms with E-state index in [-0.39, 0.29) is 0 Å². The van der Waals surface area contributed by atoms with Gasteiger partial charge in [0.2, 0.25) is 0 Å². The van der Waals surface area contributed by atoms with E-state index in [0.717, 1.165) is 10.5 Å². The lowest BCUT2D eigenvalue weighted by Crippen LogP contribution is -2.40. The van der Waals surface area contributed by atoms with Crippen molar-refractivity contribution in [2.45, 2.75) is 35.8 Å². The van der Waals surface area contributed by atoms with Gasteiger partial charge in [0.25, 0.3) is 0 Å². The highest BCUT2D eigenvalue weighted by atomic mass is 33.1.